The van der Waals surface area contributed by atoms with Gasteiger partial charge in [0.2, 0.25) is 0 Å². The molecule has 0 radical (unpaired) electrons. The second kappa shape index (κ2) is 7.24. The van der Waals surface area contributed by atoms with Crippen LogP contribution in [-0.4, -0.2) is 6.04 Å². The molecular weight excluding hydrogens is 244 g/mol. The van der Waals surface area contributed by atoms with E-state index >= 15 is 0 Å². The fraction of sp³-hybridized carbons (Fsp3) is 0.667. The molecule has 1 atom stereocenters. The third-order valence-electron chi connectivity index (χ3n) is 5.08. The monoisotopic (exact) mass is 274 g/mol. The maximum atomic E-state index is 5.83. The van der Waals surface area contributed by atoms with Gasteiger partial charge in [0, 0.05) is 6.04 Å². The van der Waals surface area contributed by atoms with E-state index in [2.05, 4.69) is 50.5 Å². The molecule has 1 fully saturated rings. The van der Waals surface area contributed by atoms with Crippen LogP contribution in [0.15, 0.2) is 24.3 Å². The lowest BCUT2D eigenvalue weighted by Crippen LogP contribution is -2.44. The molecule has 2 nitrogen and oxygen atoms in total. The van der Waals surface area contributed by atoms with Gasteiger partial charge < -0.3 is 0 Å². The van der Waals surface area contributed by atoms with Crippen LogP contribution in [0.1, 0.15) is 50.7 Å². The average molecular weight is 274 g/mol. The Hall–Kier alpha value is -0.860. The van der Waals surface area contributed by atoms with Gasteiger partial charge in [0.15, 0.2) is 0 Å². The highest BCUT2D eigenvalue weighted by molar-refractivity contribution is 5.23. The van der Waals surface area contributed by atoms with Gasteiger partial charge >= 0.3 is 0 Å². The lowest BCUT2D eigenvalue weighted by molar-refractivity contribution is 0.188. The molecule has 0 heterocycles. The molecular formula is C18H30N2. The Morgan fingerprint density at radius 1 is 1.15 bits per heavy atom. The van der Waals surface area contributed by atoms with Gasteiger partial charge in [-0.25, -0.2) is 0 Å². The summed E-state index contributed by atoms with van der Waals surface area (Å²) in [6.07, 6.45) is 6.44. The zero-order chi connectivity index (χ0) is 14.5. The van der Waals surface area contributed by atoms with Crippen LogP contribution in [0, 0.1) is 24.7 Å². The molecule has 1 aliphatic carbocycles. The summed E-state index contributed by atoms with van der Waals surface area (Å²) in [6.45, 7) is 6.87. The zero-order valence-corrected chi connectivity index (χ0v) is 13.2. The van der Waals surface area contributed by atoms with Crippen molar-refractivity contribution in [3.8, 4) is 0 Å². The topological polar surface area (TPSA) is 38.0 Å². The molecule has 3 N–H and O–H groups in total. The van der Waals surface area contributed by atoms with Gasteiger partial charge in [-0.3, -0.25) is 11.3 Å². The fourth-order valence-electron chi connectivity index (χ4n) is 3.67. The van der Waals surface area contributed by atoms with Crippen LogP contribution in [0.2, 0.25) is 0 Å². The van der Waals surface area contributed by atoms with Crippen molar-refractivity contribution in [3.63, 3.8) is 0 Å². The van der Waals surface area contributed by atoms with Crippen molar-refractivity contribution in [2.45, 2.75) is 58.9 Å². The SMILES string of the molecule is Cc1cccc(CC(NN)C2CCC(C(C)C)CC2)c1. The third-order valence-corrected chi connectivity index (χ3v) is 5.08. The predicted molar refractivity (Wildman–Crippen MR) is 86.3 cm³/mol. The van der Waals surface area contributed by atoms with Crippen LogP contribution in [0.25, 0.3) is 0 Å². The molecule has 0 saturated heterocycles. The first-order chi connectivity index (χ1) is 9.60. The average Bonchev–Trinajstić information content (AvgIpc) is 2.45. The van der Waals surface area contributed by atoms with E-state index in [9.17, 15) is 0 Å². The molecule has 2 heteroatoms. The summed E-state index contributed by atoms with van der Waals surface area (Å²) in [6, 6.07) is 9.22. The Kier molecular flexibility index (Phi) is 5.62. The third kappa shape index (κ3) is 4.07. The van der Waals surface area contributed by atoms with Gasteiger partial charge in [0.1, 0.15) is 0 Å². The van der Waals surface area contributed by atoms with Crippen molar-refractivity contribution >= 4 is 0 Å². The smallest absolute Gasteiger partial charge is 0.0279 e. The molecule has 1 unspecified atom stereocenters. The first-order valence-electron chi connectivity index (χ1n) is 8.11. The van der Waals surface area contributed by atoms with E-state index in [0.29, 0.717) is 6.04 Å². The Bertz CT molecular complexity index is 406. The highest BCUT2D eigenvalue weighted by Gasteiger charge is 2.28. The van der Waals surface area contributed by atoms with E-state index in [1.807, 2.05) is 0 Å². The van der Waals surface area contributed by atoms with E-state index in [4.69, 9.17) is 5.84 Å². The van der Waals surface area contributed by atoms with Gasteiger partial charge in [-0.15, -0.1) is 0 Å². The molecule has 1 aliphatic rings. The van der Waals surface area contributed by atoms with Gasteiger partial charge in [-0.1, -0.05) is 43.7 Å². The second-order valence-corrected chi connectivity index (χ2v) is 6.89. The lowest BCUT2D eigenvalue weighted by atomic mass is 9.74. The van der Waals surface area contributed by atoms with Crippen LogP contribution >= 0.6 is 0 Å². The van der Waals surface area contributed by atoms with Crippen molar-refractivity contribution in [2.24, 2.45) is 23.6 Å². The van der Waals surface area contributed by atoms with E-state index in [1.165, 1.54) is 36.8 Å². The Labute approximate surface area is 124 Å². The number of hydrogen-bond acceptors (Lipinski definition) is 2. The molecule has 0 amide bonds. The van der Waals surface area contributed by atoms with Crippen LogP contribution in [0.5, 0.6) is 0 Å². The minimum absolute atomic E-state index is 0.421. The Morgan fingerprint density at radius 2 is 1.80 bits per heavy atom. The number of nitrogens with one attached hydrogen (secondary N) is 1. The molecule has 112 valence electrons. The van der Waals surface area contributed by atoms with Crippen LogP contribution < -0.4 is 11.3 Å². The van der Waals surface area contributed by atoms with E-state index < -0.39 is 0 Å². The molecule has 2 rings (SSSR count). The first-order valence-corrected chi connectivity index (χ1v) is 8.11. The molecule has 1 aromatic carbocycles. The number of benzene rings is 1. The van der Waals surface area contributed by atoms with E-state index in [-0.39, 0.29) is 0 Å². The standard InChI is InChI=1S/C18H30N2/c1-13(2)16-7-9-17(10-8-16)18(20-19)12-15-6-4-5-14(3)11-15/h4-6,11,13,16-18,20H,7-10,12,19H2,1-3H3. The van der Waals surface area contributed by atoms with Gasteiger partial charge in [-0.2, -0.15) is 0 Å². The summed E-state index contributed by atoms with van der Waals surface area (Å²) in [5.41, 5.74) is 5.82. The number of nitrogens with two attached hydrogens (primary N) is 1. The molecule has 1 saturated carbocycles. The van der Waals surface area contributed by atoms with Crippen LogP contribution in [0.3, 0.4) is 0 Å². The Morgan fingerprint density at radius 3 is 2.35 bits per heavy atom. The predicted octanol–water partition coefficient (Wildman–Crippen LogP) is 3.83. The van der Waals surface area contributed by atoms with Crippen LogP contribution in [-0.2, 0) is 6.42 Å². The largest absolute Gasteiger partial charge is 0.271 e. The second-order valence-electron chi connectivity index (χ2n) is 6.89. The van der Waals surface area contributed by atoms with Gasteiger partial charge in [0.25, 0.3) is 0 Å². The van der Waals surface area contributed by atoms with E-state index in [0.717, 1.165) is 24.2 Å². The molecule has 0 aliphatic heterocycles. The minimum Gasteiger partial charge on any atom is -0.271 e. The van der Waals surface area contributed by atoms with E-state index in [1.54, 1.807) is 0 Å². The van der Waals surface area contributed by atoms with Crippen molar-refractivity contribution in [2.75, 3.05) is 0 Å². The molecule has 0 aromatic heterocycles. The number of aryl methyl sites for hydroxylation is 1. The minimum atomic E-state index is 0.421. The summed E-state index contributed by atoms with van der Waals surface area (Å²) in [7, 11) is 0. The van der Waals surface area contributed by atoms with Crippen molar-refractivity contribution in [1.82, 2.24) is 5.43 Å². The summed E-state index contributed by atoms with van der Waals surface area (Å²) >= 11 is 0. The zero-order valence-electron chi connectivity index (χ0n) is 13.2. The summed E-state index contributed by atoms with van der Waals surface area (Å²) in [5.74, 6) is 8.32. The molecule has 1 aromatic rings. The Balaban J connectivity index is 1.92. The van der Waals surface area contributed by atoms with Crippen molar-refractivity contribution in [3.05, 3.63) is 35.4 Å². The lowest BCUT2D eigenvalue weighted by Gasteiger charge is -2.35. The highest BCUT2D eigenvalue weighted by Crippen LogP contribution is 2.35. The summed E-state index contributed by atoms with van der Waals surface area (Å²) in [5, 5.41) is 0. The van der Waals surface area contributed by atoms with Crippen molar-refractivity contribution < 1.29 is 0 Å². The summed E-state index contributed by atoms with van der Waals surface area (Å²) < 4.78 is 0. The maximum absolute atomic E-state index is 5.83. The maximum Gasteiger partial charge on any atom is 0.0279 e. The van der Waals surface area contributed by atoms with Crippen molar-refractivity contribution in [1.29, 1.82) is 0 Å². The van der Waals surface area contributed by atoms with Crippen LogP contribution in [0.4, 0.5) is 0 Å². The molecule has 0 bridgehead atoms. The number of rotatable bonds is 5. The quantitative estimate of drug-likeness (QED) is 0.632. The van der Waals surface area contributed by atoms with Gasteiger partial charge in [-0.05, 0) is 62.3 Å². The highest BCUT2D eigenvalue weighted by atomic mass is 15.2. The molecule has 0 spiro atoms. The fourth-order valence-corrected chi connectivity index (χ4v) is 3.67. The normalized spacial score (nSPS) is 24.9. The first kappa shape index (κ1) is 15.5. The van der Waals surface area contributed by atoms with Gasteiger partial charge in [0.05, 0.1) is 0 Å². The number of hydrazine groups is 1. The molecule has 20 heavy (non-hydrogen) atoms. The summed E-state index contributed by atoms with van der Waals surface area (Å²) in [4.78, 5) is 0. The number of hydrogen-bond donors (Lipinski definition) is 2.